The summed E-state index contributed by atoms with van der Waals surface area (Å²) in [6.07, 6.45) is 0.582. The molecule has 0 saturated carbocycles. The van der Waals surface area contributed by atoms with Crippen molar-refractivity contribution in [2.75, 3.05) is 20.2 Å². The molecule has 19 heavy (non-hydrogen) atoms. The van der Waals surface area contributed by atoms with Gasteiger partial charge in [-0.3, -0.25) is 9.59 Å². The molecule has 0 heterocycles. The molecule has 0 saturated heterocycles. The van der Waals surface area contributed by atoms with Gasteiger partial charge in [-0.15, -0.1) is 0 Å². The standard InChI is InChI=1S/C14H18BrNO3/c1-3-16(9-8-14(18)19-2)13(17)10-11-4-6-12(15)7-5-11/h4-7H,3,8-10H2,1-2H3. The van der Waals surface area contributed by atoms with Crippen LogP contribution in [0, 0.1) is 0 Å². The van der Waals surface area contributed by atoms with E-state index in [1.807, 2.05) is 31.2 Å². The van der Waals surface area contributed by atoms with E-state index in [1.54, 1.807) is 4.90 Å². The normalized spacial score (nSPS) is 10.1. The van der Waals surface area contributed by atoms with E-state index in [1.165, 1.54) is 7.11 Å². The first kappa shape index (κ1) is 15.7. The van der Waals surface area contributed by atoms with Crippen LogP contribution in [-0.2, 0) is 20.7 Å². The number of halogens is 1. The van der Waals surface area contributed by atoms with Gasteiger partial charge in [-0.2, -0.15) is 0 Å². The lowest BCUT2D eigenvalue weighted by Gasteiger charge is -2.20. The van der Waals surface area contributed by atoms with Crippen LogP contribution in [-0.4, -0.2) is 37.0 Å². The van der Waals surface area contributed by atoms with Gasteiger partial charge in [0.05, 0.1) is 20.0 Å². The van der Waals surface area contributed by atoms with Crippen molar-refractivity contribution in [1.29, 1.82) is 0 Å². The number of carbonyl (C=O) groups is 2. The molecule has 1 aromatic carbocycles. The van der Waals surface area contributed by atoms with Gasteiger partial charge < -0.3 is 9.64 Å². The van der Waals surface area contributed by atoms with Crippen molar-refractivity contribution < 1.29 is 14.3 Å². The quantitative estimate of drug-likeness (QED) is 0.754. The summed E-state index contributed by atoms with van der Waals surface area (Å²) in [5, 5.41) is 0. The first-order valence-corrected chi connectivity index (χ1v) is 6.95. The molecule has 1 rings (SSSR count). The fourth-order valence-electron chi connectivity index (χ4n) is 1.68. The monoisotopic (exact) mass is 327 g/mol. The van der Waals surface area contributed by atoms with E-state index in [-0.39, 0.29) is 18.3 Å². The fraction of sp³-hybridized carbons (Fsp3) is 0.429. The molecule has 4 nitrogen and oxygen atoms in total. The Labute approximate surface area is 121 Å². The molecule has 0 N–H and O–H groups in total. The van der Waals surface area contributed by atoms with E-state index in [9.17, 15) is 9.59 Å². The van der Waals surface area contributed by atoms with Crippen LogP contribution >= 0.6 is 15.9 Å². The number of methoxy groups -OCH3 is 1. The molecular formula is C14H18BrNO3. The topological polar surface area (TPSA) is 46.6 Å². The zero-order valence-electron chi connectivity index (χ0n) is 11.2. The lowest BCUT2D eigenvalue weighted by Crippen LogP contribution is -2.34. The Morgan fingerprint density at radius 1 is 1.26 bits per heavy atom. The van der Waals surface area contributed by atoms with Crippen molar-refractivity contribution in [2.45, 2.75) is 19.8 Å². The van der Waals surface area contributed by atoms with Gasteiger partial charge in [0.1, 0.15) is 0 Å². The average Bonchev–Trinajstić information content (AvgIpc) is 2.41. The summed E-state index contributed by atoms with van der Waals surface area (Å²) in [6, 6.07) is 7.65. The van der Waals surface area contributed by atoms with E-state index in [0.29, 0.717) is 19.5 Å². The predicted molar refractivity (Wildman–Crippen MR) is 76.7 cm³/mol. The number of esters is 1. The van der Waals surface area contributed by atoms with Crippen LogP contribution in [0.3, 0.4) is 0 Å². The lowest BCUT2D eigenvalue weighted by atomic mass is 10.1. The zero-order valence-corrected chi connectivity index (χ0v) is 12.8. The van der Waals surface area contributed by atoms with Gasteiger partial charge in [0, 0.05) is 17.6 Å². The Morgan fingerprint density at radius 2 is 1.89 bits per heavy atom. The van der Waals surface area contributed by atoms with Gasteiger partial charge in [-0.25, -0.2) is 0 Å². The van der Waals surface area contributed by atoms with Gasteiger partial charge in [-0.1, -0.05) is 28.1 Å². The molecule has 0 radical (unpaired) electrons. The first-order valence-electron chi connectivity index (χ1n) is 6.15. The summed E-state index contributed by atoms with van der Waals surface area (Å²) < 4.78 is 5.56. The molecule has 0 aliphatic heterocycles. The zero-order chi connectivity index (χ0) is 14.3. The highest BCUT2D eigenvalue weighted by Gasteiger charge is 2.13. The van der Waals surface area contributed by atoms with E-state index in [2.05, 4.69) is 20.7 Å². The molecule has 0 atom stereocenters. The second kappa shape index (κ2) is 7.94. The third kappa shape index (κ3) is 5.42. The second-order valence-corrected chi connectivity index (χ2v) is 5.02. The van der Waals surface area contributed by atoms with Crippen LogP contribution in [0.4, 0.5) is 0 Å². The van der Waals surface area contributed by atoms with Crippen molar-refractivity contribution in [3.63, 3.8) is 0 Å². The number of hydrogen-bond donors (Lipinski definition) is 0. The summed E-state index contributed by atoms with van der Waals surface area (Å²) >= 11 is 3.36. The molecule has 5 heteroatoms. The van der Waals surface area contributed by atoms with E-state index in [0.717, 1.165) is 10.0 Å². The summed E-state index contributed by atoms with van der Waals surface area (Å²) in [7, 11) is 1.35. The Hall–Kier alpha value is -1.36. The first-order chi connectivity index (χ1) is 9.06. The number of likely N-dealkylation sites (N-methyl/N-ethyl adjacent to an activating group) is 1. The van der Waals surface area contributed by atoms with Crippen LogP contribution in [0.1, 0.15) is 18.9 Å². The number of benzene rings is 1. The molecule has 0 aliphatic rings. The highest BCUT2D eigenvalue weighted by Crippen LogP contribution is 2.11. The molecule has 0 fully saturated rings. The van der Waals surface area contributed by atoms with Crippen LogP contribution in [0.15, 0.2) is 28.7 Å². The highest BCUT2D eigenvalue weighted by molar-refractivity contribution is 9.10. The van der Waals surface area contributed by atoms with E-state index < -0.39 is 0 Å². The Balaban J connectivity index is 2.53. The molecule has 0 spiro atoms. The molecule has 0 aromatic heterocycles. The van der Waals surface area contributed by atoms with Crippen molar-refractivity contribution in [3.05, 3.63) is 34.3 Å². The van der Waals surface area contributed by atoms with Crippen LogP contribution in [0.5, 0.6) is 0 Å². The third-order valence-corrected chi connectivity index (χ3v) is 3.35. The number of rotatable bonds is 6. The summed E-state index contributed by atoms with van der Waals surface area (Å²) in [6.45, 7) is 2.89. The van der Waals surface area contributed by atoms with Gasteiger partial charge in [0.2, 0.25) is 5.91 Å². The summed E-state index contributed by atoms with van der Waals surface area (Å²) in [5.41, 5.74) is 0.963. The van der Waals surface area contributed by atoms with Crippen LogP contribution < -0.4 is 0 Å². The Kier molecular flexibility index (Phi) is 6.56. The van der Waals surface area contributed by atoms with Crippen LogP contribution in [0.2, 0.25) is 0 Å². The number of ether oxygens (including phenoxy) is 1. The maximum Gasteiger partial charge on any atom is 0.307 e. The maximum absolute atomic E-state index is 12.1. The Morgan fingerprint density at radius 3 is 2.42 bits per heavy atom. The number of nitrogens with zero attached hydrogens (tertiary/aromatic N) is 1. The van der Waals surface area contributed by atoms with Gasteiger partial charge in [0.25, 0.3) is 0 Å². The smallest absolute Gasteiger partial charge is 0.307 e. The minimum atomic E-state index is -0.296. The molecule has 1 aromatic rings. The number of amides is 1. The highest BCUT2D eigenvalue weighted by atomic mass is 79.9. The molecule has 0 aliphatic carbocycles. The molecule has 104 valence electrons. The largest absolute Gasteiger partial charge is 0.469 e. The SMILES string of the molecule is CCN(CCC(=O)OC)C(=O)Cc1ccc(Br)cc1. The predicted octanol–water partition coefficient (Wildman–Crippen LogP) is 2.40. The summed E-state index contributed by atoms with van der Waals surface area (Å²) in [5.74, 6) is -0.274. The van der Waals surface area contributed by atoms with Gasteiger partial charge in [0.15, 0.2) is 0 Å². The molecule has 1 amide bonds. The van der Waals surface area contributed by atoms with Gasteiger partial charge >= 0.3 is 5.97 Å². The van der Waals surface area contributed by atoms with Crippen molar-refractivity contribution in [3.8, 4) is 0 Å². The van der Waals surface area contributed by atoms with Crippen molar-refractivity contribution in [2.24, 2.45) is 0 Å². The van der Waals surface area contributed by atoms with E-state index >= 15 is 0 Å². The number of hydrogen-bond acceptors (Lipinski definition) is 3. The third-order valence-electron chi connectivity index (χ3n) is 2.82. The van der Waals surface area contributed by atoms with Crippen molar-refractivity contribution >= 4 is 27.8 Å². The van der Waals surface area contributed by atoms with Crippen LogP contribution in [0.25, 0.3) is 0 Å². The average molecular weight is 328 g/mol. The minimum absolute atomic E-state index is 0.0220. The molecule has 0 unspecified atom stereocenters. The molecular weight excluding hydrogens is 310 g/mol. The minimum Gasteiger partial charge on any atom is -0.469 e. The van der Waals surface area contributed by atoms with Crippen molar-refractivity contribution in [1.82, 2.24) is 4.90 Å². The number of carbonyl (C=O) groups excluding carboxylic acids is 2. The van der Waals surface area contributed by atoms with E-state index in [4.69, 9.17) is 0 Å². The summed E-state index contributed by atoms with van der Waals surface area (Å²) in [4.78, 5) is 24.8. The second-order valence-electron chi connectivity index (χ2n) is 4.10. The maximum atomic E-state index is 12.1. The molecule has 0 bridgehead atoms. The Bertz CT molecular complexity index is 431. The lowest BCUT2D eigenvalue weighted by molar-refractivity contribution is -0.141. The fourth-order valence-corrected chi connectivity index (χ4v) is 1.94. The van der Waals surface area contributed by atoms with Gasteiger partial charge in [-0.05, 0) is 24.6 Å².